The average molecular weight is 504 g/mol. The number of aromatic nitrogens is 1. The Hall–Kier alpha value is -3.31. The molecule has 4 rings (SSSR count). The largest absolute Gasteiger partial charge is 0.496 e. The van der Waals surface area contributed by atoms with E-state index in [0.717, 1.165) is 31.5 Å². The highest BCUT2D eigenvalue weighted by molar-refractivity contribution is 7.92. The summed E-state index contributed by atoms with van der Waals surface area (Å²) in [6.07, 6.45) is 1.49. The van der Waals surface area contributed by atoms with E-state index in [1.165, 1.54) is 20.3 Å². The van der Waals surface area contributed by atoms with Gasteiger partial charge < -0.3 is 18.7 Å². The number of carbonyl (C=O) groups is 1. The maximum atomic E-state index is 13.0. The van der Waals surface area contributed by atoms with E-state index in [2.05, 4.69) is 14.8 Å². The van der Waals surface area contributed by atoms with Gasteiger partial charge in [0.25, 0.3) is 10.0 Å². The first-order valence-corrected chi connectivity index (χ1v) is 12.9. The minimum absolute atomic E-state index is 0.0135. The lowest BCUT2D eigenvalue weighted by Crippen LogP contribution is -2.36. The van der Waals surface area contributed by atoms with Crippen LogP contribution in [-0.4, -0.2) is 58.4 Å². The molecular weight excluding hydrogens is 474 g/mol. The van der Waals surface area contributed by atoms with Crippen molar-refractivity contribution in [2.75, 3.05) is 38.6 Å². The Labute approximate surface area is 204 Å². The van der Waals surface area contributed by atoms with Gasteiger partial charge in [0.05, 0.1) is 26.7 Å². The number of anilines is 1. The molecule has 11 heteroatoms. The zero-order chi connectivity index (χ0) is 25.0. The number of piperidine rings is 1. The molecule has 0 bridgehead atoms. The van der Waals surface area contributed by atoms with E-state index >= 15 is 0 Å². The number of para-hydroxylation sites is 1. The van der Waals surface area contributed by atoms with E-state index in [-0.39, 0.29) is 28.4 Å². The zero-order valence-corrected chi connectivity index (χ0v) is 20.8. The highest BCUT2D eigenvalue weighted by Crippen LogP contribution is 2.36. The molecule has 0 spiro atoms. The second-order valence-electron chi connectivity index (χ2n) is 8.26. The molecule has 10 nitrogen and oxygen atoms in total. The first-order chi connectivity index (χ1) is 16.9. The molecule has 0 amide bonds. The monoisotopic (exact) mass is 503 g/mol. The molecule has 1 aliphatic heterocycles. The predicted octanol–water partition coefficient (Wildman–Crippen LogP) is 3.42. The third kappa shape index (κ3) is 5.35. The van der Waals surface area contributed by atoms with E-state index in [0.29, 0.717) is 29.9 Å². The molecule has 1 N–H and O–H groups in total. The van der Waals surface area contributed by atoms with Crippen molar-refractivity contribution >= 4 is 32.8 Å². The third-order valence-corrected chi connectivity index (χ3v) is 7.40. The molecule has 0 radical (unpaired) electrons. The van der Waals surface area contributed by atoms with Gasteiger partial charge in [-0.2, -0.15) is 0 Å². The maximum Gasteiger partial charge on any atom is 0.309 e. The van der Waals surface area contributed by atoms with E-state index in [1.54, 1.807) is 18.2 Å². The highest BCUT2D eigenvalue weighted by atomic mass is 32.2. The van der Waals surface area contributed by atoms with Crippen LogP contribution in [-0.2, 0) is 26.1 Å². The van der Waals surface area contributed by atoms with Crippen LogP contribution in [0.3, 0.4) is 0 Å². The molecule has 2 heterocycles. The number of hydrogen-bond acceptors (Lipinski definition) is 9. The van der Waals surface area contributed by atoms with Gasteiger partial charge in [-0.3, -0.25) is 14.4 Å². The summed E-state index contributed by atoms with van der Waals surface area (Å²) >= 11 is 0. The van der Waals surface area contributed by atoms with Crippen molar-refractivity contribution in [2.45, 2.75) is 31.2 Å². The number of rotatable bonds is 9. The summed E-state index contributed by atoms with van der Waals surface area (Å²) in [7, 11) is -1.08. The van der Waals surface area contributed by atoms with Crippen molar-refractivity contribution in [3.63, 3.8) is 0 Å². The summed E-state index contributed by atoms with van der Waals surface area (Å²) in [5.74, 6) is 0.507. The average Bonchev–Trinajstić information content (AvgIpc) is 3.26. The third-order valence-electron chi connectivity index (χ3n) is 6.02. The van der Waals surface area contributed by atoms with Gasteiger partial charge in [-0.15, -0.1) is 0 Å². The Balaban J connectivity index is 1.53. The molecule has 188 valence electrons. The lowest BCUT2D eigenvalue weighted by Gasteiger charge is -2.30. The fourth-order valence-electron chi connectivity index (χ4n) is 4.28. The molecule has 2 aromatic carbocycles. The normalized spacial score (nSPS) is 15.2. The van der Waals surface area contributed by atoms with Crippen LogP contribution in [0, 0.1) is 5.92 Å². The topological polar surface area (TPSA) is 120 Å². The van der Waals surface area contributed by atoms with E-state index in [1.807, 2.05) is 19.1 Å². The number of likely N-dealkylation sites (tertiary alicyclic amines) is 1. The second kappa shape index (κ2) is 10.5. The Kier molecular flexibility index (Phi) is 7.46. The van der Waals surface area contributed by atoms with Crippen molar-refractivity contribution in [1.29, 1.82) is 0 Å². The van der Waals surface area contributed by atoms with E-state index in [4.69, 9.17) is 18.7 Å². The van der Waals surface area contributed by atoms with Gasteiger partial charge in [0.1, 0.15) is 21.8 Å². The van der Waals surface area contributed by atoms with Gasteiger partial charge in [-0.05, 0) is 62.7 Å². The molecule has 3 aromatic rings. The first-order valence-electron chi connectivity index (χ1n) is 11.4. The zero-order valence-electron chi connectivity index (χ0n) is 19.9. The number of nitrogens with zero attached hydrogens (tertiary/aromatic N) is 2. The summed E-state index contributed by atoms with van der Waals surface area (Å²) in [4.78, 5) is 14.2. The van der Waals surface area contributed by atoms with E-state index in [9.17, 15) is 13.2 Å². The summed E-state index contributed by atoms with van der Waals surface area (Å²) < 4.78 is 49.9. The van der Waals surface area contributed by atoms with E-state index < -0.39 is 10.0 Å². The van der Waals surface area contributed by atoms with Gasteiger partial charge in [0.2, 0.25) is 0 Å². The van der Waals surface area contributed by atoms with Crippen LogP contribution in [0.15, 0.2) is 45.8 Å². The molecule has 0 atom stereocenters. The number of hydrogen-bond donors (Lipinski definition) is 1. The summed E-state index contributed by atoms with van der Waals surface area (Å²) in [6.45, 7) is 4.38. The smallest absolute Gasteiger partial charge is 0.309 e. The van der Waals surface area contributed by atoms with Crippen molar-refractivity contribution in [1.82, 2.24) is 10.1 Å². The van der Waals surface area contributed by atoms with Crippen LogP contribution in [0.2, 0.25) is 0 Å². The van der Waals surface area contributed by atoms with Gasteiger partial charge in [0.15, 0.2) is 11.4 Å². The number of esters is 1. The van der Waals surface area contributed by atoms with Crippen LogP contribution in [0.1, 0.15) is 25.3 Å². The molecule has 35 heavy (non-hydrogen) atoms. The minimum atomic E-state index is -3.99. The summed E-state index contributed by atoms with van der Waals surface area (Å²) in [5.41, 5.74) is 1.33. The molecular formula is C24H29N3O7S. The quantitative estimate of drug-likeness (QED) is 0.438. The van der Waals surface area contributed by atoms with Crippen molar-refractivity contribution < 1.29 is 31.9 Å². The molecule has 1 aromatic heterocycles. The molecule has 0 aliphatic carbocycles. The van der Waals surface area contributed by atoms with Crippen molar-refractivity contribution in [3.8, 4) is 11.5 Å². The molecule has 0 saturated carbocycles. The summed E-state index contributed by atoms with van der Waals surface area (Å²) in [6, 6.07) is 9.98. The molecule has 1 aliphatic rings. The number of ether oxygens (including phenoxy) is 3. The Morgan fingerprint density at radius 1 is 1.14 bits per heavy atom. The number of fused-ring (bicyclic) bond motifs is 1. The number of benzene rings is 2. The van der Waals surface area contributed by atoms with Gasteiger partial charge in [-0.1, -0.05) is 17.3 Å². The SMILES string of the molecule is CCOC(=O)C1CCN(Cc2cc(OC)c3c(NS(=O)(=O)c4ccccc4OC)noc3c2)CC1. The van der Waals surface area contributed by atoms with Crippen LogP contribution >= 0.6 is 0 Å². The lowest BCUT2D eigenvalue weighted by molar-refractivity contribution is -0.149. The van der Waals surface area contributed by atoms with Crippen LogP contribution in [0.4, 0.5) is 5.82 Å². The number of sulfonamides is 1. The number of nitrogens with one attached hydrogen (secondary N) is 1. The fourth-order valence-corrected chi connectivity index (χ4v) is 5.46. The van der Waals surface area contributed by atoms with Crippen LogP contribution in [0.25, 0.3) is 11.0 Å². The second-order valence-corrected chi connectivity index (χ2v) is 9.91. The van der Waals surface area contributed by atoms with Crippen molar-refractivity contribution in [3.05, 3.63) is 42.0 Å². The van der Waals surface area contributed by atoms with Gasteiger partial charge >= 0.3 is 5.97 Å². The standard InChI is InChI=1S/C24H29N3O7S/c1-4-33-24(28)17-9-11-27(12-10-17)15-16-13-19(32-3)22-20(14-16)34-25-23(22)26-35(29,30)21-8-6-5-7-18(21)31-2/h5-8,13-14,17H,4,9-12,15H2,1-3H3,(H,25,26). The molecule has 1 fully saturated rings. The number of methoxy groups -OCH3 is 2. The Morgan fingerprint density at radius 2 is 1.86 bits per heavy atom. The fraction of sp³-hybridized carbons (Fsp3) is 0.417. The van der Waals surface area contributed by atoms with Gasteiger partial charge in [0, 0.05) is 6.54 Å². The van der Waals surface area contributed by atoms with Crippen molar-refractivity contribution in [2.24, 2.45) is 5.92 Å². The maximum absolute atomic E-state index is 13.0. The minimum Gasteiger partial charge on any atom is -0.496 e. The Bertz CT molecular complexity index is 1300. The van der Waals surface area contributed by atoms with Crippen LogP contribution in [0.5, 0.6) is 11.5 Å². The van der Waals surface area contributed by atoms with Crippen LogP contribution < -0.4 is 14.2 Å². The lowest BCUT2D eigenvalue weighted by atomic mass is 9.96. The molecule has 0 unspecified atom stereocenters. The first kappa shape index (κ1) is 24.8. The molecule has 1 saturated heterocycles. The number of carbonyl (C=O) groups excluding carboxylic acids is 1. The van der Waals surface area contributed by atoms with Gasteiger partial charge in [-0.25, -0.2) is 8.42 Å². The highest BCUT2D eigenvalue weighted by Gasteiger charge is 2.27. The summed E-state index contributed by atoms with van der Waals surface area (Å²) in [5, 5.41) is 4.38. The predicted molar refractivity (Wildman–Crippen MR) is 129 cm³/mol. The Morgan fingerprint density at radius 3 is 2.54 bits per heavy atom.